The van der Waals surface area contributed by atoms with E-state index in [0.717, 1.165) is 0 Å². The molecule has 0 unspecified atom stereocenters. The average molecular weight is 238 g/mol. The Morgan fingerprint density at radius 2 is 2.07 bits per heavy atom. The number of methoxy groups -OCH3 is 1. The monoisotopic (exact) mass is 238 g/mol. The van der Waals surface area contributed by atoms with Crippen LogP contribution in [0.25, 0.3) is 0 Å². The van der Waals surface area contributed by atoms with E-state index in [1.54, 1.807) is 7.11 Å². The number of nitrogens with one attached hydrogen (secondary N) is 1. The zero-order valence-corrected chi connectivity index (χ0v) is 9.75. The molecule has 7 heteroatoms. The summed E-state index contributed by atoms with van der Waals surface area (Å²) in [5, 5.41) is 0. The molecule has 90 valence electrons. The van der Waals surface area contributed by atoms with Gasteiger partial charge in [-0.05, 0) is 6.42 Å². The Morgan fingerprint density at radius 3 is 2.67 bits per heavy atom. The first-order chi connectivity index (χ1) is 7.17. The van der Waals surface area contributed by atoms with E-state index in [4.69, 9.17) is 9.47 Å². The standard InChI is InChI=1S/C8H18N2O4S/c1-13-6-2-3-9-15(11,12)10-4-7-14-8-5-10/h9H,2-8H2,1H3. The Bertz CT molecular complexity index is 262. The van der Waals surface area contributed by atoms with Crippen molar-refractivity contribution in [1.29, 1.82) is 0 Å². The summed E-state index contributed by atoms with van der Waals surface area (Å²) >= 11 is 0. The van der Waals surface area contributed by atoms with Crippen molar-refractivity contribution in [3.63, 3.8) is 0 Å². The van der Waals surface area contributed by atoms with E-state index in [1.165, 1.54) is 4.31 Å². The highest BCUT2D eigenvalue weighted by Crippen LogP contribution is 2.02. The first kappa shape index (κ1) is 12.9. The lowest BCUT2D eigenvalue weighted by Gasteiger charge is -2.26. The highest BCUT2D eigenvalue weighted by atomic mass is 32.2. The number of morpholine rings is 1. The summed E-state index contributed by atoms with van der Waals surface area (Å²) in [6.07, 6.45) is 0.681. The van der Waals surface area contributed by atoms with Gasteiger partial charge in [0.05, 0.1) is 13.2 Å². The summed E-state index contributed by atoms with van der Waals surface area (Å²) in [6.45, 7) is 2.77. The molecule has 0 spiro atoms. The van der Waals surface area contributed by atoms with Crippen LogP contribution < -0.4 is 4.72 Å². The number of ether oxygens (including phenoxy) is 2. The molecule has 0 radical (unpaired) electrons. The van der Waals surface area contributed by atoms with Crippen LogP contribution in [0.4, 0.5) is 0 Å². The first-order valence-electron chi connectivity index (χ1n) is 4.98. The summed E-state index contributed by atoms with van der Waals surface area (Å²) < 4.78 is 37.2. The average Bonchev–Trinajstić information content (AvgIpc) is 2.26. The molecule has 0 atom stereocenters. The molecule has 0 aromatic rings. The molecule has 1 heterocycles. The van der Waals surface area contributed by atoms with E-state index in [2.05, 4.69) is 4.72 Å². The van der Waals surface area contributed by atoms with Gasteiger partial charge < -0.3 is 9.47 Å². The molecule has 1 aliphatic rings. The van der Waals surface area contributed by atoms with E-state index >= 15 is 0 Å². The minimum Gasteiger partial charge on any atom is -0.385 e. The SMILES string of the molecule is COCCCNS(=O)(=O)N1CCOCC1. The zero-order valence-electron chi connectivity index (χ0n) is 8.94. The molecule has 15 heavy (non-hydrogen) atoms. The van der Waals surface area contributed by atoms with Gasteiger partial charge in [0.1, 0.15) is 0 Å². The van der Waals surface area contributed by atoms with E-state index in [0.29, 0.717) is 45.9 Å². The maximum absolute atomic E-state index is 11.7. The molecular weight excluding hydrogens is 220 g/mol. The van der Waals surface area contributed by atoms with Crippen LogP contribution in [0, 0.1) is 0 Å². The predicted molar refractivity (Wildman–Crippen MR) is 55.8 cm³/mol. The van der Waals surface area contributed by atoms with Gasteiger partial charge >= 0.3 is 0 Å². The number of nitrogens with zero attached hydrogens (tertiary/aromatic N) is 1. The van der Waals surface area contributed by atoms with Gasteiger partial charge in [-0.1, -0.05) is 0 Å². The predicted octanol–water partition coefficient (Wildman–Crippen LogP) is -0.810. The fraction of sp³-hybridized carbons (Fsp3) is 1.00. The minimum absolute atomic E-state index is 0.410. The lowest BCUT2D eigenvalue weighted by atomic mass is 10.5. The number of rotatable bonds is 6. The van der Waals surface area contributed by atoms with Crippen LogP contribution in [-0.4, -0.2) is 59.3 Å². The zero-order chi connectivity index (χ0) is 11.1. The van der Waals surface area contributed by atoms with Gasteiger partial charge in [0.25, 0.3) is 10.2 Å². The fourth-order valence-electron chi connectivity index (χ4n) is 1.30. The van der Waals surface area contributed by atoms with Crippen molar-refractivity contribution >= 4 is 10.2 Å². The van der Waals surface area contributed by atoms with Crippen molar-refractivity contribution in [2.45, 2.75) is 6.42 Å². The molecular formula is C8H18N2O4S. The van der Waals surface area contributed by atoms with E-state index in [1.807, 2.05) is 0 Å². The maximum Gasteiger partial charge on any atom is 0.279 e. The van der Waals surface area contributed by atoms with E-state index < -0.39 is 10.2 Å². The second kappa shape index (κ2) is 6.39. The second-order valence-corrected chi connectivity index (χ2v) is 5.01. The highest BCUT2D eigenvalue weighted by Gasteiger charge is 2.23. The van der Waals surface area contributed by atoms with Crippen molar-refractivity contribution in [3.05, 3.63) is 0 Å². The van der Waals surface area contributed by atoms with Crippen LogP contribution in [0.2, 0.25) is 0 Å². The van der Waals surface area contributed by atoms with Crippen molar-refractivity contribution < 1.29 is 17.9 Å². The number of hydrogen-bond acceptors (Lipinski definition) is 4. The molecule has 0 bridgehead atoms. The maximum atomic E-state index is 11.7. The molecule has 1 rings (SSSR count). The third-order valence-electron chi connectivity index (χ3n) is 2.12. The van der Waals surface area contributed by atoms with Crippen molar-refractivity contribution in [2.75, 3.05) is 46.6 Å². The van der Waals surface area contributed by atoms with Crippen LogP contribution in [-0.2, 0) is 19.7 Å². The second-order valence-electron chi connectivity index (χ2n) is 3.26. The molecule has 0 aromatic carbocycles. The Hall–Kier alpha value is -0.210. The van der Waals surface area contributed by atoms with Gasteiger partial charge in [-0.15, -0.1) is 0 Å². The van der Waals surface area contributed by atoms with Gasteiger partial charge in [0, 0.05) is 33.4 Å². The third kappa shape index (κ3) is 4.43. The topological polar surface area (TPSA) is 67.9 Å². The molecule has 1 aliphatic heterocycles. The summed E-state index contributed by atoms with van der Waals surface area (Å²) in [5.41, 5.74) is 0. The third-order valence-corrected chi connectivity index (χ3v) is 3.73. The van der Waals surface area contributed by atoms with Gasteiger partial charge in [-0.3, -0.25) is 0 Å². The Kier molecular flexibility index (Phi) is 5.48. The molecule has 0 amide bonds. The summed E-state index contributed by atoms with van der Waals surface area (Å²) in [7, 11) is -1.72. The Labute approximate surface area is 90.7 Å². The smallest absolute Gasteiger partial charge is 0.279 e. The first-order valence-corrected chi connectivity index (χ1v) is 6.42. The highest BCUT2D eigenvalue weighted by molar-refractivity contribution is 7.87. The molecule has 1 N–H and O–H groups in total. The summed E-state index contributed by atoms with van der Waals surface area (Å²) in [5.74, 6) is 0. The largest absolute Gasteiger partial charge is 0.385 e. The fourth-order valence-corrected chi connectivity index (χ4v) is 2.51. The van der Waals surface area contributed by atoms with Gasteiger partial charge in [0.15, 0.2) is 0 Å². The summed E-state index contributed by atoms with van der Waals surface area (Å²) in [6, 6.07) is 0. The van der Waals surface area contributed by atoms with Crippen molar-refractivity contribution in [1.82, 2.24) is 9.03 Å². The molecule has 1 saturated heterocycles. The molecule has 0 aliphatic carbocycles. The van der Waals surface area contributed by atoms with E-state index in [-0.39, 0.29) is 0 Å². The Balaban J connectivity index is 2.30. The molecule has 6 nitrogen and oxygen atoms in total. The molecule has 1 fully saturated rings. The molecule has 0 saturated carbocycles. The molecule has 0 aromatic heterocycles. The minimum atomic E-state index is -3.32. The van der Waals surface area contributed by atoms with E-state index in [9.17, 15) is 8.42 Å². The summed E-state index contributed by atoms with van der Waals surface area (Å²) in [4.78, 5) is 0. The van der Waals surface area contributed by atoms with Crippen LogP contribution in [0.5, 0.6) is 0 Å². The lowest BCUT2D eigenvalue weighted by molar-refractivity contribution is 0.0724. The van der Waals surface area contributed by atoms with Gasteiger partial charge in [0.2, 0.25) is 0 Å². The Morgan fingerprint density at radius 1 is 1.40 bits per heavy atom. The van der Waals surface area contributed by atoms with Crippen LogP contribution in [0.1, 0.15) is 6.42 Å². The van der Waals surface area contributed by atoms with Gasteiger partial charge in [-0.25, -0.2) is 4.72 Å². The quantitative estimate of drug-likeness (QED) is 0.615. The van der Waals surface area contributed by atoms with Crippen LogP contribution in [0.3, 0.4) is 0 Å². The van der Waals surface area contributed by atoms with Crippen LogP contribution in [0.15, 0.2) is 0 Å². The van der Waals surface area contributed by atoms with Gasteiger partial charge in [-0.2, -0.15) is 12.7 Å². The van der Waals surface area contributed by atoms with Crippen molar-refractivity contribution in [2.24, 2.45) is 0 Å². The van der Waals surface area contributed by atoms with Crippen LogP contribution >= 0.6 is 0 Å². The number of hydrogen-bond donors (Lipinski definition) is 1. The lowest BCUT2D eigenvalue weighted by Crippen LogP contribution is -2.46. The normalized spacial score (nSPS) is 19.3. The van der Waals surface area contributed by atoms with Crippen molar-refractivity contribution in [3.8, 4) is 0 Å².